The second-order valence-corrected chi connectivity index (χ2v) is 3.71. The molecule has 0 aliphatic heterocycles. The van der Waals surface area contributed by atoms with Crippen molar-refractivity contribution in [1.29, 1.82) is 0 Å². The lowest BCUT2D eigenvalue weighted by Gasteiger charge is -2.08. The minimum Gasteiger partial charge on any atom is -0.496 e. The molecule has 66 valence electrons. The highest BCUT2D eigenvalue weighted by molar-refractivity contribution is 9.10. The number of ether oxygens (including phenoxy) is 1. The van der Waals surface area contributed by atoms with Crippen LogP contribution in [0.4, 0.5) is 0 Å². The van der Waals surface area contributed by atoms with Gasteiger partial charge < -0.3 is 4.74 Å². The van der Waals surface area contributed by atoms with Crippen LogP contribution in [0.2, 0.25) is 0 Å². The highest BCUT2D eigenvalue weighted by atomic mass is 79.9. The lowest BCUT2D eigenvalue weighted by molar-refractivity contribution is 0.411. The van der Waals surface area contributed by atoms with Crippen LogP contribution >= 0.6 is 27.5 Å². The number of benzene rings is 1. The van der Waals surface area contributed by atoms with Gasteiger partial charge in [-0.05, 0) is 30.2 Å². The molecule has 0 aliphatic carbocycles. The Morgan fingerprint density at radius 3 is 2.67 bits per heavy atom. The fourth-order valence-electron chi connectivity index (χ4n) is 1.06. The molecule has 0 aromatic heterocycles. The van der Waals surface area contributed by atoms with Gasteiger partial charge in [-0.3, -0.25) is 0 Å². The van der Waals surface area contributed by atoms with Gasteiger partial charge in [0.25, 0.3) is 0 Å². The van der Waals surface area contributed by atoms with Crippen LogP contribution in [0.5, 0.6) is 5.75 Å². The zero-order valence-corrected chi connectivity index (χ0v) is 9.37. The van der Waals surface area contributed by atoms with Crippen molar-refractivity contribution in [3.05, 3.63) is 27.7 Å². The SMILES string of the molecule is COc1cc(Br)cc(CCl)c1C. The molecule has 0 amide bonds. The average Bonchev–Trinajstić information content (AvgIpc) is 2.08. The molecular weight excluding hydrogens is 239 g/mol. The number of hydrogen-bond donors (Lipinski definition) is 0. The molecule has 0 saturated heterocycles. The van der Waals surface area contributed by atoms with Crippen LogP contribution in [0.15, 0.2) is 16.6 Å². The standard InChI is InChI=1S/C9H10BrClO/c1-6-7(5-11)3-8(10)4-9(6)12-2/h3-4H,5H2,1-2H3. The lowest BCUT2D eigenvalue weighted by atomic mass is 10.1. The molecule has 0 radical (unpaired) electrons. The summed E-state index contributed by atoms with van der Waals surface area (Å²) in [6.45, 7) is 2.00. The predicted octanol–water partition coefficient (Wildman–Crippen LogP) is 3.50. The summed E-state index contributed by atoms with van der Waals surface area (Å²) in [6, 6.07) is 3.94. The first-order valence-electron chi connectivity index (χ1n) is 3.58. The van der Waals surface area contributed by atoms with E-state index in [1.165, 1.54) is 0 Å². The van der Waals surface area contributed by atoms with Gasteiger partial charge in [-0.15, -0.1) is 11.6 Å². The van der Waals surface area contributed by atoms with Crippen molar-refractivity contribution in [3.63, 3.8) is 0 Å². The maximum atomic E-state index is 5.76. The summed E-state index contributed by atoms with van der Waals surface area (Å²) >= 11 is 9.15. The highest BCUT2D eigenvalue weighted by Crippen LogP contribution is 2.27. The summed E-state index contributed by atoms with van der Waals surface area (Å²) in [4.78, 5) is 0. The maximum absolute atomic E-state index is 5.76. The van der Waals surface area contributed by atoms with E-state index >= 15 is 0 Å². The van der Waals surface area contributed by atoms with Gasteiger partial charge in [-0.25, -0.2) is 0 Å². The molecule has 1 aromatic carbocycles. The van der Waals surface area contributed by atoms with Crippen molar-refractivity contribution in [2.24, 2.45) is 0 Å². The Balaban J connectivity index is 3.22. The molecule has 0 unspecified atom stereocenters. The number of alkyl halides is 1. The number of halogens is 2. The topological polar surface area (TPSA) is 9.23 Å². The monoisotopic (exact) mass is 248 g/mol. The van der Waals surface area contributed by atoms with Crippen LogP contribution in [-0.4, -0.2) is 7.11 Å². The van der Waals surface area contributed by atoms with Crippen molar-refractivity contribution in [2.75, 3.05) is 7.11 Å². The Bertz CT molecular complexity index is 261. The zero-order valence-electron chi connectivity index (χ0n) is 7.03. The molecule has 0 atom stereocenters. The quantitative estimate of drug-likeness (QED) is 0.729. The predicted molar refractivity (Wildman–Crippen MR) is 55.0 cm³/mol. The molecule has 1 rings (SSSR count). The summed E-state index contributed by atoms with van der Waals surface area (Å²) in [7, 11) is 1.66. The van der Waals surface area contributed by atoms with Crippen molar-refractivity contribution in [3.8, 4) is 5.75 Å². The third-order valence-corrected chi connectivity index (χ3v) is 2.54. The molecular formula is C9H10BrClO. The average molecular weight is 250 g/mol. The minimum atomic E-state index is 0.516. The largest absolute Gasteiger partial charge is 0.496 e. The van der Waals surface area contributed by atoms with E-state index in [0.717, 1.165) is 21.3 Å². The molecule has 3 heteroatoms. The Morgan fingerprint density at radius 1 is 1.50 bits per heavy atom. The molecule has 1 aromatic rings. The van der Waals surface area contributed by atoms with E-state index < -0.39 is 0 Å². The van der Waals surface area contributed by atoms with Crippen LogP contribution < -0.4 is 4.74 Å². The van der Waals surface area contributed by atoms with Crippen LogP contribution in [0.3, 0.4) is 0 Å². The molecule has 0 bridgehead atoms. The van der Waals surface area contributed by atoms with Crippen LogP contribution in [0.1, 0.15) is 11.1 Å². The summed E-state index contributed by atoms with van der Waals surface area (Å²) in [5, 5.41) is 0. The highest BCUT2D eigenvalue weighted by Gasteiger charge is 2.04. The third-order valence-electron chi connectivity index (χ3n) is 1.80. The molecule has 1 nitrogen and oxygen atoms in total. The zero-order chi connectivity index (χ0) is 9.14. The summed E-state index contributed by atoms with van der Waals surface area (Å²) in [5.74, 6) is 1.39. The van der Waals surface area contributed by atoms with Gasteiger partial charge in [0.05, 0.1) is 7.11 Å². The second-order valence-electron chi connectivity index (χ2n) is 2.53. The van der Waals surface area contributed by atoms with Crippen LogP contribution in [0, 0.1) is 6.92 Å². The van der Waals surface area contributed by atoms with Gasteiger partial charge in [0, 0.05) is 10.4 Å². The number of hydrogen-bond acceptors (Lipinski definition) is 1. The smallest absolute Gasteiger partial charge is 0.123 e. The van der Waals surface area contributed by atoms with E-state index in [-0.39, 0.29) is 0 Å². The van der Waals surface area contributed by atoms with E-state index in [0.29, 0.717) is 5.88 Å². The van der Waals surface area contributed by atoms with Gasteiger partial charge in [0.1, 0.15) is 5.75 Å². The van der Waals surface area contributed by atoms with Gasteiger partial charge in [0.2, 0.25) is 0 Å². The second kappa shape index (κ2) is 4.15. The Hall–Kier alpha value is -0.210. The molecule has 0 heterocycles. The van der Waals surface area contributed by atoms with Gasteiger partial charge >= 0.3 is 0 Å². The number of rotatable bonds is 2. The molecule has 0 fully saturated rings. The summed E-state index contributed by atoms with van der Waals surface area (Å²) < 4.78 is 6.18. The normalized spacial score (nSPS) is 10.0. The van der Waals surface area contributed by atoms with Crippen molar-refractivity contribution in [1.82, 2.24) is 0 Å². The molecule has 0 aliphatic rings. The van der Waals surface area contributed by atoms with Gasteiger partial charge in [0.15, 0.2) is 0 Å². The van der Waals surface area contributed by atoms with Crippen molar-refractivity contribution < 1.29 is 4.74 Å². The van der Waals surface area contributed by atoms with Crippen molar-refractivity contribution >= 4 is 27.5 Å². The first kappa shape index (κ1) is 9.87. The summed E-state index contributed by atoms with van der Waals surface area (Å²) in [6.07, 6.45) is 0. The van der Waals surface area contributed by atoms with E-state index in [4.69, 9.17) is 16.3 Å². The molecule has 0 saturated carbocycles. The number of methoxy groups -OCH3 is 1. The van der Waals surface area contributed by atoms with Gasteiger partial charge in [-0.1, -0.05) is 15.9 Å². The van der Waals surface area contributed by atoms with Crippen LogP contribution in [-0.2, 0) is 5.88 Å². The Labute approximate surface area is 85.8 Å². The fraction of sp³-hybridized carbons (Fsp3) is 0.333. The van der Waals surface area contributed by atoms with E-state index in [1.807, 2.05) is 19.1 Å². The molecule has 0 N–H and O–H groups in total. The lowest BCUT2D eigenvalue weighted by Crippen LogP contribution is -1.91. The Kier molecular flexibility index (Phi) is 3.41. The molecule has 12 heavy (non-hydrogen) atoms. The fourth-order valence-corrected chi connectivity index (χ4v) is 1.82. The summed E-state index contributed by atoms with van der Waals surface area (Å²) in [5.41, 5.74) is 2.21. The van der Waals surface area contributed by atoms with Crippen molar-refractivity contribution in [2.45, 2.75) is 12.8 Å². The van der Waals surface area contributed by atoms with E-state index in [2.05, 4.69) is 15.9 Å². The van der Waals surface area contributed by atoms with E-state index in [1.54, 1.807) is 7.11 Å². The Morgan fingerprint density at radius 2 is 2.17 bits per heavy atom. The van der Waals surface area contributed by atoms with E-state index in [9.17, 15) is 0 Å². The van der Waals surface area contributed by atoms with Crippen LogP contribution in [0.25, 0.3) is 0 Å². The minimum absolute atomic E-state index is 0.516. The first-order valence-corrected chi connectivity index (χ1v) is 4.90. The molecule has 0 spiro atoms. The third kappa shape index (κ3) is 1.93. The first-order chi connectivity index (χ1) is 5.69. The van der Waals surface area contributed by atoms with Gasteiger partial charge in [-0.2, -0.15) is 0 Å². The maximum Gasteiger partial charge on any atom is 0.123 e.